The smallest absolute Gasteiger partial charge is 0.0771 e. The van der Waals surface area contributed by atoms with Gasteiger partial charge in [0.25, 0.3) is 0 Å². The van der Waals surface area contributed by atoms with E-state index in [0.717, 1.165) is 19.4 Å². The maximum absolute atomic E-state index is 10.5. The van der Waals surface area contributed by atoms with Crippen LogP contribution in [-0.2, 0) is 0 Å². The molecular weight excluding hydrogens is 198 g/mol. The van der Waals surface area contributed by atoms with Crippen LogP contribution in [0.25, 0.3) is 0 Å². The molecule has 0 amide bonds. The molecule has 0 aliphatic heterocycles. The van der Waals surface area contributed by atoms with Crippen molar-refractivity contribution < 1.29 is 5.11 Å². The summed E-state index contributed by atoms with van der Waals surface area (Å²) in [6, 6.07) is 0.444. The lowest BCUT2D eigenvalue weighted by atomic mass is 9.87. The van der Waals surface area contributed by atoms with Gasteiger partial charge in [-0.3, -0.25) is 0 Å². The molecule has 0 spiro atoms. The fourth-order valence-electron chi connectivity index (χ4n) is 2.21. The molecule has 0 radical (unpaired) electrons. The minimum Gasteiger partial charge on any atom is -0.389 e. The average molecular weight is 227 g/mol. The van der Waals surface area contributed by atoms with Gasteiger partial charge in [0.15, 0.2) is 0 Å². The molecule has 1 rings (SSSR count). The van der Waals surface area contributed by atoms with Gasteiger partial charge in [0.2, 0.25) is 0 Å². The Bertz CT molecular complexity index is 199. The molecule has 1 fully saturated rings. The number of hydrogen-bond donors (Lipinski definition) is 2. The summed E-state index contributed by atoms with van der Waals surface area (Å²) < 4.78 is 0. The Balaban J connectivity index is 2.40. The minimum atomic E-state index is -0.448. The van der Waals surface area contributed by atoms with Crippen molar-refractivity contribution in [3.05, 3.63) is 0 Å². The highest BCUT2D eigenvalue weighted by Gasteiger charge is 2.29. The third kappa shape index (κ3) is 4.42. The van der Waals surface area contributed by atoms with Crippen molar-refractivity contribution in [2.45, 2.75) is 77.9 Å². The van der Waals surface area contributed by atoms with Crippen molar-refractivity contribution in [2.75, 3.05) is 6.54 Å². The summed E-state index contributed by atoms with van der Waals surface area (Å²) in [5, 5.41) is 14.0. The van der Waals surface area contributed by atoms with Gasteiger partial charge < -0.3 is 10.4 Å². The second-order valence-electron chi connectivity index (χ2n) is 6.61. The van der Waals surface area contributed by atoms with Crippen LogP contribution in [0.1, 0.15) is 66.2 Å². The van der Waals surface area contributed by atoms with E-state index >= 15 is 0 Å². The summed E-state index contributed by atoms with van der Waals surface area (Å²) in [4.78, 5) is 0. The van der Waals surface area contributed by atoms with Gasteiger partial charge in [0.1, 0.15) is 0 Å². The van der Waals surface area contributed by atoms with Crippen LogP contribution < -0.4 is 5.32 Å². The van der Waals surface area contributed by atoms with Gasteiger partial charge in [-0.2, -0.15) is 0 Å². The minimum absolute atomic E-state index is 0.265. The van der Waals surface area contributed by atoms with Crippen LogP contribution in [0, 0.1) is 5.41 Å². The van der Waals surface area contributed by atoms with E-state index in [2.05, 4.69) is 33.0 Å². The van der Waals surface area contributed by atoms with Crippen LogP contribution in [0.15, 0.2) is 0 Å². The number of aliphatic hydroxyl groups is 1. The van der Waals surface area contributed by atoms with E-state index in [4.69, 9.17) is 0 Å². The van der Waals surface area contributed by atoms with Gasteiger partial charge in [-0.1, -0.05) is 46.5 Å². The molecule has 2 nitrogen and oxygen atoms in total. The topological polar surface area (TPSA) is 32.3 Å². The first-order chi connectivity index (χ1) is 7.33. The molecule has 1 unspecified atom stereocenters. The van der Waals surface area contributed by atoms with Crippen LogP contribution in [0.2, 0.25) is 0 Å². The number of rotatable bonds is 3. The number of hydrogen-bond acceptors (Lipinski definition) is 2. The van der Waals surface area contributed by atoms with Gasteiger partial charge in [-0.25, -0.2) is 0 Å². The van der Waals surface area contributed by atoms with Gasteiger partial charge in [0, 0.05) is 12.6 Å². The van der Waals surface area contributed by atoms with Crippen LogP contribution >= 0.6 is 0 Å². The molecule has 0 saturated heterocycles. The monoisotopic (exact) mass is 227 g/mol. The fourth-order valence-corrected chi connectivity index (χ4v) is 2.21. The van der Waals surface area contributed by atoms with Crippen molar-refractivity contribution in [1.29, 1.82) is 0 Å². The molecule has 96 valence electrons. The van der Waals surface area contributed by atoms with Crippen molar-refractivity contribution in [1.82, 2.24) is 5.32 Å². The zero-order valence-corrected chi connectivity index (χ0v) is 11.5. The van der Waals surface area contributed by atoms with Gasteiger partial charge in [-0.05, 0) is 25.2 Å². The lowest BCUT2D eigenvalue weighted by Gasteiger charge is -2.33. The molecule has 0 aromatic rings. The molecule has 0 aromatic carbocycles. The SMILES string of the molecule is CC(NCC1(O)CCCCCC1)C(C)(C)C. The lowest BCUT2D eigenvalue weighted by molar-refractivity contribution is 0.0196. The Kier molecular flexibility index (Phi) is 4.81. The Morgan fingerprint density at radius 1 is 1.12 bits per heavy atom. The molecular formula is C14H29NO. The Morgan fingerprint density at radius 3 is 2.06 bits per heavy atom. The number of nitrogens with one attached hydrogen (secondary N) is 1. The van der Waals surface area contributed by atoms with Crippen LogP contribution in [0.4, 0.5) is 0 Å². The second kappa shape index (κ2) is 5.50. The molecule has 0 bridgehead atoms. The van der Waals surface area contributed by atoms with Crippen molar-refractivity contribution in [3.8, 4) is 0 Å². The third-order valence-electron chi connectivity index (χ3n) is 4.07. The second-order valence-corrected chi connectivity index (χ2v) is 6.61. The molecule has 1 aliphatic rings. The first-order valence-electron chi connectivity index (χ1n) is 6.79. The fraction of sp³-hybridized carbons (Fsp3) is 1.00. The maximum atomic E-state index is 10.5. The highest BCUT2D eigenvalue weighted by Crippen LogP contribution is 2.27. The van der Waals surface area contributed by atoms with E-state index in [9.17, 15) is 5.11 Å². The molecule has 16 heavy (non-hydrogen) atoms. The zero-order valence-electron chi connectivity index (χ0n) is 11.5. The zero-order chi connectivity index (χ0) is 12.2. The Labute approximate surface area is 101 Å². The van der Waals surface area contributed by atoms with Crippen molar-refractivity contribution in [2.24, 2.45) is 5.41 Å². The van der Waals surface area contributed by atoms with E-state index in [1.807, 2.05) is 0 Å². The molecule has 1 atom stereocenters. The van der Waals surface area contributed by atoms with Gasteiger partial charge in [-0.15, -0.1) is 0 Å². The van der Waals surface area contributed by atoms with Crippen LogP contribution in [-0.4, -0.2) is 23.3 Å². The molecule has 1 saturated carbocycles. The molecule has 2 N–H and O–H groups in total. The van der Waals surface area contributed by atoms with Crippen LogP contribution in [0.3, 0.4) is 0 Å². The van der Waals surface area contributed by atoms with Gasteiger partial charge in [0.05, 0.1) is 5.60 Å². The molecule has 0 aromatic heterocycles. The lowest BCUT2D eigenvalue weighted by Crippen LogP contribution is -2.47. The van der Waals surface area contributed by atoms with Crippen molar-refractivity contribution in [3.63, 3.8) is 0 Å². The first kappa shape index (κ1) is 14.0. The van der Waals surface area contributed by atoms with E-state index in [1.165, 1.54) is 25.7 Å². The van der Waals surface area contributed by atoms with E-state index in [1.54, 1.807) is 0 Å². The summed E-state index contributed by atoms with van der Waals surface area (Å²) in [5.74, 6) is 0. The first-order valence-corrected chi connectivity index (χ1v) is 6.79. The Morgan fingerprint density at radius 2 is 1.62 bits per heavy atom. The van der Waals surface area contributed by atoms with E-state index < -0.39 is 5.60 Å². The molecule has 2 heteroatoms. The largest absolute Gasteiger partial charge is 0.389 e. The molecule has 0 heterocycles. The van der Waals surface area contributed by atoms with E-state index in [-0.39, 0.29) is 5.41 Å². The van der Waals surface area contributed by atoms with E-state index in [0.29, 0.717) is 6.04 Å². The summed E-state index contributed by atoms with van der Waals surface area (Å²) in [5.41, 5.74) is -0.183. The van der Waals surface area contributed by atoms with Crippen molar-refractivity contribution >= 4 is 0 Å². The third-order valence-corrected chi connectivity index (χ3v) is 4.07. The summed E-state index contributed by atoms with van der Waals surface area (Å²) >= 11 is 0. The summed E-state index contributed by atoms with van der Waals surface area (Å²) in [6.45, 7) is 9.68. The summed E-state index contributed by atoms with van der Waals surface area (Å²) in [7, 11) is 0. The Hall–Kier alpha value is -0.0800. The predicted molar refractivity (Wildman–Crippen MR) is 69.6 cm³/mol. The standard InChI is InChI=1S/C14H29NO/c1-12(13(2,3)4)15-11-14(16)9-7-5-6-8-10-14/h12,15-16H,5-11H2,1-4H3. The highest BCUT2D eigenvalue weighted by molar-refractivity contribution is 4.86. The summed E-state index contributed by atoms with van der Waals surface area (Å²) in [6.07, 6.45) is 6.88. The quantitative estimate of drug-likeness (QED) is 0.726. The predicted octanol–water partition coefficient (Wildman–Crippen LogP) is 3.10. The average Bonchev–Trinajstić information content (AvgIpc) is 2.39. The van der Waals surface area contributed by atoms with Crippen LogP contribution in [0.5, 0.6) is 0 Å². The molecule has 1 aliphatic carbocycles. The van der Waals surface area contributed by atoms with Gasteiger partial charge >= 0.3 is 0 Å². The maximum Gasteiger partial charge on any atom is 0.0771 e. The normalized spacial score (nSPS) is 23.8. The highest BCUT2D eigenvalue weighted by atomic mass is 16.3.